The minimum atomic E-state index is -4.95. The van der Waals surface area contributed by atoms with Crippen molar-refractivity contribution in [2.45, 2.75) is 324 Å². The van der Waals surface area contributed by atoms with Gasteiger partial charge in [0.2, 0.25) is 0 Å². The largest absolute Gasteiger partial charge is 0.472 e. The van der Waals surface area contributed by atoms with E-state index in [1.54, 1.807) is 0 Å². The van der Waals surface area contributed by atoms with Crippen molar-refractivity contribution in [3.05, 3.63) is 0 Å². The molecule has 3 N–H and O–H groups in total. The Morgan fingerprint density at radius 2 is 0.578 bits per heavy atom. The van der Waals surface area contributed by atoms with E-state index in [-0.39, 0.29) is 25.7 Å². The molecule has 0 bridgehead atoms. The van der Waals surface area contributed by atoms with E-state index < -0.39 is 97.5 Å². The van der Waals surface area contributed by atoms with Crippen molar-refractivity contribution in [1.82, 2.24) is 0 Å². The number of rotatable bonds is 61. The SMILES string of the molecule is CCC(C)CCCCCCCCC(=O)O[C@H](COC(=O)CCCCCCCCCCCCCC(C)C)COP(=O)(O)OCC(O)COP(=O)(O)OC[C@@H](COC(=O)CCCCCCCCCC(C)C)OC(=O)CCCCCCCCC(C)C. The second-order valence-corrected chi connectivity index (χ2v) is 27.7. The van der Waals surface area contributed by atoms with Gasteiger partial charge in [0.25, 0.3) is 0 Å². The lowest BCUT2D eigenvalue weighted by Crippen LogP contribution is -2.30. The molecule has 0 aromatic heterocycles. The van der Waals surface area contributed by atoms with Crippen molar-refractivity contribution in [1.29, 1.82) is 0 Å². The molecule has 0 aromatic carbocycles. The van der Waals surface area contributed by atoms with Gasteiger partial charge in [-0.25, -0.2) is 9.13 Å². The maximum Gasteiger partial charge on any atom is 0.472 e. The monoisotopic (exact) mass is 1230 g/mol. The van der Waals surface area contributed by atoms with Crippen molar-refractivity contribution < 1.29 is 80.2 Å². The van der Waals surface area contributed by atoms with Gasteiger partial charge in [-0.05, 0) is 49.4 Å². The average molecular weight is 1230 g/mol. The molecule has 0 heterocycles. The molecule has 0 spiro atoms. The Morgan fingerprint density at radius 3 is 0.855 bits per heavy atom. The fraction of sp³-hybridized carbons (Fsp3) is 0.938. The third-order valence-electron chi connectivity index (χ3n) is 14.9. The fourth-order valence-corrected chi connectivity index (χ4v) is 11.0. The Morgan fingerprint density at radius 1 is 0.337 bits per heavy atom. The van der Waals surface area contributed by atoms with E-state index in [2.05, 4.69) is 55.4 Å². The molecule has 6 atom stereocenters. The van der Waals surface area contributed by atoms with E-state index in [1.165, 1.54) is 103 Å². The average Bonchev–Trinajstić information content (AvgIpc) is 3.44. The Kier molecular flexibility index (Phi) is 53.0. The Balaban J connectivity index is 5.23. The zero-order chi connectivity index (χ0) is 61.8. The van der Waals surface area contributed by atoms with Gasteiger partial charge < -0.3 is 33.8 Å². The van der Waals surface area contributed by atoms with Gasteiger partial charge >= 0.3 is 39.5 Å². The molecule has 492 valence electrons. The molecule has 83 heavy (non-hydrogen) atoms. The Bertz CT molecular complexity index is 1660. The summed E-state index contributed by atoms with van der Waals surface area (Å²) in [5, 5.41) is 10.5. The van der Waals surface area contributed by atoms with Crippen LogP contribution in [0.2, 0.25) is 0 Å². The van der Waals surface area contributed by atoms with Crippen LogP contribution in [0.4, 0.5) is 0 Å². The van der Waals surface area contributed by atoms with Crippen LogP contribution >= 0.6 is 15.6 Å². The molecule has 0 radical (unpaired) electrons. The van der Waals surface area contributed by atoms with E-state index in [9.17, 15) is 43.2 Å². The minimum Gasteiger partial charge on any atom is -0.462 e. The normalized spacial score (nSPS) is 14.8. The first-order valence-corrected chi connectivity index (χ1v) is 36.2. The van der Waals surface area contributed by atoms with Gasteiger partial charge in [-0.15, -0.1) is 0 Å². The highest BCUT2D eigenvalue weighted by Gasteiger charge is 2.30. The number of phosphoric ester groups is 2. The molecule has 0 rings (SSSR count). The number of carbonyl (C=O) groups is 4. The van der Waals surface area contributed by atoms with Crippen LogP contribution < -0.4 is 0 Å². The lowest BCUT2D eigenvalue weighted by atomic mass is 10.00. The number of aliphatic hydroxyl groups is 1. The summed E-state index contributed by atoms with van der Waals surface area (Å²) in [5.41, 5.74) is 0. The molecule has 0 aliphatic carbocycles. The van der Waals surface area contributed by atoms with Gasteiger partial charge in [0.05, 0.1) is 26.4 Å². The van der Waals surface area contributed by atoms with E-state index in [0.29, 0.717) is 37.5 Å². The molecule has 0 aromatic rings. The maximum absolute atomic E-state index is 13.0. The standard InChI is InChI=1S/C64H124O17P2/c1-9-57(8)43-35-27-21-23-31-39-47-64(69)81-60(50-74-61(66)44-36-28-18-14-12-10-11-13-16-24-32-40-54(2)3)53-79-83(72,73)77-49-58(65)48-76-82(70,71)78-52-59(80-63(68)46-38-30-22-20-26-34-42-56(6)7)51-75-62(67)45-37-29-19-15-17-25-33-41-55(4)5/h54-60,65H,9-53H2,1-8H3,(H,70,71)(H,72,73)/t57?,58?,59-,60-/m1/s1. The second-order valence-electron chi connectivity index (χ2n) is 24.8. The molecule has 19 heteroatoms. The molecule has 0 saturated heterocycles. The maximum atomic E-state index is 13.0. The molecule has 0 saturated carbocycles. The quantitative estimate of drug-likeness (QED) is 0.0222. The number of hydrogen-bond donors (Lipinski definition) is 3. The fourth-order valence-electron chi connectivity index (χ4n) is 9.40. The number of phosphoric acid groups is 2. The summed E-state index contributed by atoms with van der Waals surface area (Å²) >= 11 is 0. The highest BCUT2D eigenvalue weighted by atomic mass is 31.2. The number of aliphatic hydroxyl groups excluding tert-OH is 1. The third kappa shape index (κ3) is 57.6. The van der Waals surface area contributed by atoms with Gasteiger partial charge in [-0.2, -0.15) is 0 Å². The van der Waals surface area contributed by atoms with Crippen LogP contribution in [0.3, 0.4) is 0 Å². The summed E-state index contributed by atoms with van der Waals surface area (Å²) in [6.45, 7) is 13.9. The van der Waals surface area contributed by atoms with E-state index in [1.807, 2.05) is 0 Å². The van der Waals surface area contributed by atoms with Crippen LogP contribution in [-0.4, -0.2) is 96.7 Å². The predicted molar refractivity (Wildman–Crippen MR) is 331 cm³/mol. The van der Waals surface area contributed by atoms with Gasteiger partial charge in [0, 0.05) is 25.7 Å². The molecule has 4 unspecified atom stereocenters. The predicted octanol–water partition coefficient (Wildman–Crippen LogP) is 17.4. The van der Waals surface area contributed by atoms with Crippen LogP contribution in [0.1, 0.15) is 306 Å². The van der Waals surface area contributed by atoms with Gasteiger partial charge in [-0.3, -0.25) is 37.3 Å². The van der Waals surface area contributed by atoms with Crippen molar-refractivity contribution in [3.63, 3.8) is 0 Å². The molecular formula is C64H124O17P2. The van der Waals surface area contributed by atoms with Crippen molar-refractivity contribution in [3.8, 4) is 0 Å². The van der Waals surface area contributed by atoms with Crippen molar-refractivity contribution in [2.24, 2.45) is 23.7 Å². The molecule has 0 aliphatic rings. The lowest BCUT2D eigenvalue weighted by Gasteiger charge is -2.21. The molecule has 0 fully saturated rings. The summed E-state index contributed by atoms with van der Waals surface area (Å²) in [7, 11) is -9.89. The number of unbranched alkanes of at least 4 members (excludes halogenated alkanes) is 26. The van der Waals surface area contributed by atoms with Crippen LogP contribution in [-0.2, 0) is 65.4 Å². The highest BCUT2D eigenvalue weighted by molar-refractivity contribution is 7.47. The molecular weight excluding hydrogens is 1100 g/mol. The first-order chi connectivity index (χ1) is 39.6. The first-order valence-electron chi connectivity index (χ1n) is 33.2. The minimum absolute atomic E-state index is 0.101. The highest BCUT2D eigenvalue weighted by Crippen LogP contribution is 2.45. The van der Waals surface area contributed by atoms with Crippen molar-refractivity contribution in [2.75, 3.05) is 39.6 Å². The lowest BCUT2D eigenvalue weighted by molar-refractivity contribution is -0.161. The van der Waals surface area contributed by atoms with Crippen LogP contribution in [0, 0.1) is 23.7 Å². The topological polar surface area (TPSA) is 237 Å². The number of carbonyl (C=O) groups excluding carboxylic acids is 4. The zero-order valence-electron chi connectivity index (χ0n) is 53.8. The first kappa shape index (κ1) is 81.1. The molecule has 0 amide bonds. The Hall–Kier alpha value is -1.94. The molecule has 0 aliphatic heterocycles. The van der Waals surface area contributed by atoms with Crippen LogP contribution in [0.25, 0.3) is 0 Å². The Labute approximate surface area is 505 Å². The van der Waals surface area contributed by atoms with E-state index in [0.717, 1.165) is 108 Å². The summed E-state index contributed by atoms with van der Waals surface area (Å²) < 4.78 is 67.9. The summed E-state index contributed by atoms with van der Waals surface area (Å²) in [4.78, 5) is 72.2. The van der Waals surface area contributed by atoms with E-state index >= 15 is 0 Å². The summed E-state index contributed by atoms with van der Waals surface area (Å²) in [6, 6.07) is 0. The summed E-state index contributed by atoms with van der Waals surface area (Å²) in [5.74, 6) is 0.720. The summed E-state index contributed by atoms with van der Waals surface area (Å²) in [6.07, 6.45) is 33.8. The molecule has 17 nitrogen and oxygen atoms in total. The van der Waals surface area contributed by atoms with Gasteiger partial charge in [-0.1, -0.05) is 254 Å². The number of ether oxygens (including phenoxy) is 4. The number of hydrogen-bond acceptors (Lipinski definition) is 15. The van der Waals surface area contributed by atoms with Gasteiger partial charge in [0.1, 0.15) is 19.3 Å². The smallest absolute Gasteiger partial charge is 0.462 e. The number of esters is 4. The second kappa shape index (κ2) is 54.2. The van der Waals surface area contributed by atoms with Crippen molar-refractivity contribution >= 4 is 39.5 Å². The third-order valence-corrected chi connectivity index (χ3v) is 16.8. The zero-order valence-corrected chi connectivity index (χ0v) is 55.6. The van der Waals surface area contributed by atoms with E-state index in [4.69, 9.17) is 37.0 Å². The van der Waals surface area contributed by atoms with Crippen LogP contribution in [0.5, 0.6) is 0 Å². The van der Waals surface area contributed by atoms with Gasteiger partial charge in [0.15, 0.2) is 12.2 Å². The van der Waals surface area contributed by atoms with Crippen LogP contribution in [0.15, 0.2) is 0 Å².